The van der Waals surface area contributed by atoms with E-state index in [1.807, 2.05) is 0 Å². The molecule has 0 saturated heterocycles. The van der Waals surface area contributed by atoms with Gasteiger partial charge in [-0.15, -0.1) is 0 Å². The molecule has 0 amide bonds. The molecule has 2 atom stereocenters. The number of halogens is 1. The van der Waals surface area contributed by atoms with Crippen LogP contribution in [-0.2, 0) is 4.79 Å². The number of carbonyl (C=O) groups is 2. The summed E-state index contributed by atoms with van der Waals surface area (Å²) in [6.07, 6.45) is 0.366. The first kappa shape index (κ1) is 9.83. The van der Waals surface area contributed by atoms with Gasteiger partial charge in [-0.2, -0.15) is 0 Å². The van der Waals surface area contributed by atoms with Crippen molar-refractivity contribution in [2.45, 2.75) is 6.42 Å². The topological polar surface area (TPSA) is 54.4 Å². The van der Waals surface area contributed by atoms with Gasteiger partial charge in [-0.1, -0.05) is 12.1 Å². The van der Waals surface area contributed by atoms with Gasteiger partial charge in [0.1, 0.15) is 5.82 Å². The molecule has 0 radical (unpaired) electrons. The normalized spacial score (nSPS) is 23.5. The van der Waals surface area contributed by atoms with Crippen molar-refractivity contribution in [3.05, 3.63) is 35.6 Å². The molecule has 1 aromatic carbocycles. The SMILES string of the molecule is O=C(O)C1CC1C(=O)c1cccc(F)c1. The number of Topliss-reactive ketones (excluding diaryl/α,β-unsaturated/α-hetero) is 1. The van der Waals surface area contributed by atoms with E-state index in [-0.39, 0.29) is 11.3 Å². The molecular formula is C11H9FO3. The lowest BCUT2D eigenvalue weighted by Crippen LogP contribution is -2.08. The Labute approximate surface area is 85.5 Å². The molecule has 1 N–H and O–H groups in total. The van der Waals surface area contributed by atoms with Gasteiger partial charge >= 0.3 is 5.97 Å². The van der Waals surface area contributed by atoms with Crippen LogP contribution in [0, 0.1) is 17.7 Å². The second kappa shape index (κ2) is 3.46. The summed E-state index contributed by atoms with van der Waals surface area (Å²) in [6.45, 7) is 0. The lowest BCUT2D eigenvalue weighted by Gasteiger charge is -1.98. The number of benzene rings is 1. The Morgan fingerprint density at radius 1 is 1.33 bits per heavy atom. The van der Waals surface area contributed by atoms with Gasteiger partial charge in [0.15, 0.2) is 5.78 Å². The summed E-state index contributed by atoms with van der Waals surface area (Å²) in [5, 5.41) is 8.65. The van der Waals surface area contributed by atoms with Crippen molar-refractivity contribution in [1.82, 2.24) is 0 Å². The highest BCUT2D eigenvalue weighted by molar-refractivity contribution is 6.02. The molecule has 0 aliphatic heterocycles. The third-order valence-corrected chi connectivity index (χ3v) is 2.55. The van der Waals surface area contributed by atoms with Crippen LogP contribution < -0.4 is 0 Å². The van der Waals surface area contributed by atoms with Crippen molar-refractivity contribution in [3.8, 4) is 0 Å². The van der Waals surface area contributed by atoms with Gasteiger partial charge < -0.3 is 5.11 Å². The minimum atomic E-state index is -0.954. The fourth-order valence-corrected chi connectivity index (χ4v) is 1.61. The monoisotopic (exact) mass is 208 g/mol. The van der Waals surface area contributed by atoms with Crippen LogP contribution in [0.2, 0.25) is 0 Å². The van der Waals surface area contributed by atoms with Crippen molar-refractivity contribution in [2.75, 3.05) is 0 Å². The van der Waals surface area contributed by atoms with Crippen LogP contribution in [0.3, 0.4) is 0 Å². The Kier molecular flexibility index (Phi) is 2.26. The van der Waals surface area contributed by atoms with E-state index in [0.29, 0.717) is 6.42 Å². The molecule has 4 heteroatoms. The largest absolute Gasteiger partial charge is 0.481 e. The average molecular weight is 208 g/mol. The molecule has 1 saturated carbocycles. The summed E-state index contributed by atoms with van der Waals surface area (Å²) in [5.74, 6) is -2.76. The highest BCUT2D eigenvalue weighted by atomic mass is 19.1. The molecule has 0 aromatic heterocycles. The smallest absolute Gasteiger partial charge is 0.307 e. The highest BCUT2D eigenvalue weighted by Gasteiger charge is 2.48. The number of ketones is 1. The minimum Gasteiger partial charge on any atom is -0.481 e. The second-order valence-electron chi connectivity index (χ2n) is 3.66. The van der Waals surface area contributed by atoms with Crippen LogP contribution in [0.1, 0.15) is 16.8 Å². The Bertz CT molecular complexity index is 428. The molecule has 2 unspecified atom stereocenters. The number of hydrogen-bond donors (Lipinski definition) is 1. The van der Waals surface area contributed by atoms with E-state index < -0.39 is 23.6 Å². The maximum Gasteiger partial charge on any atom is 0.307 e. The summed E-state index contributed by atoms with van der Waals surface area (Å²) < 4.78 is 12.8. The number of rotatable bonds is 3. The average Bonchev–Trinajstić information content (AvgIpc) is 2.96. The summed E-state index contributed by atoms with van der Waals surface area (Å²) in [7, 11) is 0. The van der Waals surface area contributed by atoms with Crippen LogP contribution in [0.4, 0.5) is 4.39 Å². The Morgan fingerprint density at radius 2 is 2.07 bits per heavy atom. The molecule has 2 rings (SSSR count). The summed E-state index contributed by atoms with van der Waals surface area (Å²) in [5.41, 5.74) is 0.253. The fourth-order valence-electron chi connectivity index (χ4n) is 1.61. The van der Waals surface area contributed by atoms with E-state index in [4.69, 9.17) is 5.11 Å². The third-order valence-electron chi connectivity index (χ3n) is 2.55. The van der Waals surface area contributed by atoms with E-state index >= 15 is 0 Å². The third kappa shape index (κ3) is 1.88. The molecule has 0 spiro atoms. The molecule has 1 aliphatic carbocycles. The van der Waals surface area contributed by atoms with Crippen molar-refractivity contribution in [2.24, 2.45) is 11.8 Å². The van der Waals surface area contributed by atoms with Gasteiger partial charge in [-0.25, -0.2) is 4.39 Å². The van der Waals surface area contributed by atoms with Crippen molar-refractivity contribution in [1.29, 1.82) is 0 Å². The minimum absolute atomic E-state index is 0.253. The van der Waals surface area contributed by atoms with E-state index in [2.05, 4.69) is 0 Å². The van der Waals surface area contributed by atoms with Gasteiger partial charge in [0.2, 0.25) is 0 Å². The van der Waals surface area contributed by atoms with Gasteiger partial charge in [-0.05, 0) is 18.6 Å². The first-order valence-corrected chi connectivity index (χ1v) is 4.62. The zero-order chi connectivity index (χ0) is 11.0. The summed E-state index contributed by atoms with van der Waals surface area (Å²) in [4.78, 5) is 22.2. The van der Waals surface area contributed by atoms with Crippen LogP contribution >= 0.6 is 0 Å². The molecule has 15 heavy (non-hydrogen) atoms. The van der Waals surface area contributed by atoms with E-state index in [1.54, 1.807) is 0 Å². The Balaban J connectivity index is 2.13. The maximum absolute atomic E-state index is 12.8. The van der Waals surface area contributed by atoms with Gasteiger partial charge in [-0.3, -0.25) is 9.59 Å². The van der Waals surface area contributed by atoms with Gasteiger partial charge in [0.25, 0.3) is 0 Å². The van der Waals surface area contributed by atoms with Crippen molar-refractivity contribution in [3.63, 3.8) is 0 Å². The molecule has 3 nitrogen and oxygen atoms in total. The zero-order valence-corrected chi connectivity index (χ0v) is 7.81. The Morgan fingerprint density at radius 3 is 2.60 bits per heavy atom. The molecule has 1 aliphatic rings. The second-order valence-corrected chi connectivity index (χ2v) is 3.66. The molecule has 0 heterocycles. The lowest BCUT2D eigenvalue weighted by molar-refractivity contribution is -0.138. The van der Waals surface area contributed by atoms with E-state index in [0.717, 1.165) is 6.07 Å². The molecule has 1 aromatic rings. The number of hydrogen-bond acceptors (Lipinski definition) is 2. The number of carboxylic acid groups (broad SMARTS) is 1. The van der Waals surface area contributed by atoms with Crippen molar-refractivity contribution >= 4 is 11.8 Å². The lowest BCUT2D eigenvalue weighted by atomic mass is 10.1. The maximum atomic E-state index is 12.8. The van der Waals surface area contributed by atoms with E-state index in [1.165, 1.54) is 18.2 Å². The van der Waals surface area contributed by atoms with Crippen LogP contribution in [0.5, 0.6) is 0 Å². The standard InChI is InChI=1S/C11H9FO3/c12-7-3-1-2-6(4-7)10(13)8-5-9(8)11(14)15/h1-4,8-9H,5H2,(H,14,15). The van der Waals surface area contributed by atoms with Crippen LogP contribution in [0.15, 0.2) is 24.3 Å². The first-order valence-electron chi connectivity index (χ1n) is 4.62. The van der Waals surface area contributed by atoms with Crippen LogP contribution in [-0.4, -0.2) is 16.9 Å². The quantitative estimate of drug-likeness (QED) is 0.769. The zero-order valence-electron chi connectivity index (χ0n) is 7.81. The predicted molar refractivity (Wildman–Crippen MR) is 50.0 cm³/mol. The molecule has 78 valence electrons. The van der Waals surface area contributed by atoms with Crippen LogP contribution in [0.25, 0.3) is 0 Å². The summed E-state index contributed by atoms with van der Waals surface area (Å²) in [6, 6.07) is 5.33. The van der Waals surface area contributed by atoms with E-state index in [9.17, 15) is 14.0 Å². The number of carbonyl (C=O) groups excluding carboxylic acids is 1. The first-order chi connectivity index (χ1) is 7.09. The molecule has 0 bridgehead atoms. The fraction of sp³-hybridized carbons (Fsp3) is 0.273. The molecular weight excluding hydrogens is 199 g/mol. The van der Waals surface area contributed by atoms with Gasteiger partial charge in [0, 0.05) is 11.5 Å². The number of carboxylic acids is 1. The van der Waals surface area contributed by atoms with Crippen molar-refractivity contribution < 1.29 is 19.1 Å². The molecule has 1 fully saturated rings. The number of aliphatic carboxylic acids is 1. The predicted octanol–water partition coefficient (Wildman–Crippen LogP) is 1.73. The Hall–Kier alpha value is -1.71. The van der Waals surface area contributed by atoms with Gasteiger partial charge in [0.05, 0.1) is 5.92 Å². The highest BCUT2D eigenvalue weighted by Crippen LogP contribution is 2.41. The summed E-state index contributed by atoms with van der Waals surface area (Å²) >= 11 is 0.